The van der Waals surface area contributed by atoms with E-state index in [-0.39, 0.29) is 11.8 Å². The zero-order valence-electron chi connectivity index (χ0n) is 17.5. The van der Waals surface area contributed by atoms with Crippen molar-refractivity contribution >= 4 is 29.1 Å². The number of nitrogens with zero attached hydrogens (tertiary/aromatic N) is 1. The molecule has 1 aliphatic heterocycles. The molecule has 0 spiro atoms. The molecule has 0 saturated carbocycles. The van der Waals surface area contributed by atoms with Crippen molar-refractivity contribution in [3.05, 3.63) is 63.6 Å². The van der Waals surface area contributed by atoms with Crippen molar-refractivity contribution in [2.45, 2.75) is 39.2 Å². The zero-order chi connectivity index (χ0) is 21.3. The lowest BCUT2D eigenvalue weighted by Gasteiger charge is -2.31. The molecule has 3 rings (SSSR count). The first-order valence-corrected chi connectivity index (χ1v) is 11.5. The van der Waals surface area contributed by atoms with Gasteiger partial charge in [0, 0.05) is 22.5 Å². The van der Waals surface area contributed by atoms with Crippen molar-refractivity contribution in [1.29, 1.82) is 0 Å². The van der Waals surface area contributed by atoms with Crippen LogP contribution in [0.25, 0.3) is 0 Å². The molecule has 4 nitrogen and oxygen atoms in total. The van der Waals surface area contributed by atoms with Crippen LogP contribution in [-0.4, -0.2) is 37.0 Å². The molecule has 0 aromatic heterocycles. The second-order valence-electron chi connectivity index (χ2n) is 7.82. The summed E-state index contributed by atoms with van der Waals surface area (Å²) in [7, 11) is 0. The Labute approximate surface area is 189 Å². The van der Waals surface area contributed by atoms with Gasteiger partial charge in [-0.1, -0.05) is 54.7 Å². The number of ether oxygens (including phenoxy) is 1. The number of benzene rings is 2. The molecule has 0 radical (unpaired) electrons. The van der Waals surface area contributed by atoms with E-state index in [0.29, 0.717) is 23.2 Å². The van der Waals surface area contributed by atoms with Crippen LogP contribution in [0.5, 0.6) is 5.75 Å². The van der Waals surface area contributed by atoms with Crippen molar-refractivity contribution in [3.8, 4) is 5.75 Å². The maximum atomic E-state index is 12.5. The molecule has 1 saturated heterocycles. The van der Waals surface area contributed by atoms with Crippen LogP contribution in [0.1, 0.15) is 37.3 Å². The van der Waals surface area contributed by atoms with E-state index in [1.165, 1.54) is 5.56 Å². The van der Waals surface area contributed by atoms with Crippen molar-refractivity contribution in [1.82, 2.24) is 10.2 Å². The fraction of sp³-hybridized carbons (Fsp3) is 0.458. The largest absolute Gasteiger partial charge is 0.492 e. The normalized spacial score (nSPS) is 15.2. The van der Waals surface area contributed by atoms with E-state index >= 15 is 0 Å². The Hall–Kier alpha value is -1.75. The molecule has 1 N–H and O–H groups in total. The second kappa shape index (κ2) is 11.6. The SMILES string of the molecule is CCCc1ccc(OCCNC(=O)C2CCN(Cc3ccc(Cl)cc3Cl)CC2)cc1. The standard InChI is InChI=1S/C24H30Cl2N2O2/c1-2-3-18-4-8-22(9-5-18)30-15-12-27-24(29)19-10-13-28(14-11-19)17-20-6-7-21(25)16-23(20)26/h4-9,16,19H,2-3,10-15,17H2,1H3,(H,27,29). The van der Waals surface area contributed by atoms with Gasteiger partial charge in [0.2, 0.25) is 5.91 Å². The smallest absolute Gasteiger partial charge is 0.223 e. The number of nitrogens with one attached hydrogen (secondary N) is 1. The van der Waals surface area contributed by atoms with Crippen molar-refractivity contribution in [2.75, 3.05) is 26.2 Å². The predicted octanol–water partition coefficient (Wildman–Crippen LogP) is 5.35. The lowest BCUT2D eigenvalue weighted by molar-refractivity contribution is -0.126. The minimum Gasteiger partial charge on any atom is -0.492 e. The molecular weight excluding hydrogens is 419 g/mol. The van der Waals surface area contributed by atoms with Gasteiger partial charge < -0.3 is 10.1 Å². The number of likely N-dealkylation sites (tertiary alicyclic amines) is 1. The maximum Gasteiger partial charge on any atom is 0.223 e. The summed E-state index contributed by atoms with van der Waals surface area (Å²) in [6.07, 6.45) is 3.94. The first-order valence-electron chi connectivity index (χ1n) is 10.7. The first kappa shape index (κ1) is 22.9. The van der Waals surface area contributed by atoms with Gasteiger partial charge in [-0.3, -0.25) is 9.69 Å². The average molecular weight is 449 g/mol. The highest BCUT2D eigenvalue weighted by molar-refractivity contribution is 6.35. The predicted molar refractivity (Wildman–Crippen MR) is 123 cm³/mol. The van der Waals surface area contributed by atoms with Gasteiger partial charge in [-0.15, -0.1) is 0 Å². The van der Waals surface area contributed by atoms with Crippen molar-refractivity contribution in [2.24, 2.45) is 5.92 Å². The van der Waals surface area contributed by atoms with Crippen LogP contribution in [-0.2, 0) is 17.8 Å². The van der Waals surface area contributed by atoms with Gasteiger partial charge in [0.1, 0.15) is 12.4 Å². The summed E-state index contributed by atoms with van der Waals surface area (Å²) < 4.78 is 5.74. The minimum absolute atomic E-state index is 0.0651. The van der Waals surface area contributed by atoms with Crippen LogP contribution in [0, 0.1) is 5.92 Å². The summed E-state index contributed by atoms with van der Waals surface area (Å²) in [5.74, 6) is 1.04. The van der Waals surface area contributed by atoms with E-state index in [1.807, 2.05) is 24.3 Å². The molecule has 1 amide bonds. The topological polar surface area (TPSA) is 41.6 Å². The molecule has 1 fully saturated rings. The molecule has 1 heterocycles. The van der Waals surface area contributed by atoms with Gasteiger partial charge in [0.05, 0.1) is 6.54 Å². The number of halogens is 2. The molecule has 0 bridgehead atoms. The lowest BCUT2D eigenvalue weighted by Crippen LogP contribution is -2.41. The molecule has 0 aliphatic carbocycles. The number of hydrogen-bond donors (Lipinski definition) is 1. The number of rotatable bonds is 9. The highest BCUT2D eigenvalue weighted by Gasteiger charge is 2.25. The fourth-order valence-electron chi connectivity index (χ4n) is 3.77. The zero-order valence-corrected chi connectivity index (χ0v) is 19.0. The number of amides is 1. The highest BCUT2D eigenvalue weighted by atomic mass is 35.5. The fourth-order valence-corrected chi connectivity index (χ4v) is 4.24. The molecule has 0 unspecified atom stereocenters. The maximum absolute atomic E-state index is 12.5. The van der Waals surface area contributed by atoms with Crippen molar-refractivity contribution in [3.63, 3.8) is 0 Å². The first-order chi connectivity index (χ1) is 14.5. The van der Waals surface area contributed by atoms with Gasteiger partial charge in [-0.05, 0) is 67.7 Å². The Balaban J connectivity index is 1.34. The van der Waals surface area contributed by atoms with Gasteiger partial charge in [0.25, 0.3) is 0 Å². The molecule has 6 heteroatoms. The molecule has 2 aromatic carbocycles. The molecular formula is C24H30Cl2N2O2. The van der Waals surface area contributed by atoms with E-state index in [2.05, 4.69) is 29.3 Å². The van der Waals surface area contributed by atoms with Gasteiger partial charge in [-0.25, -0.2) is 0 Å². The number of piperidine rings is 1. The van der Waals surface area contributed by atoms with Crippen molar-refractivity contribution < 1.29 is 9.53 Å². The second-order valence-corrected chi connectivity index (χ2v) is 8.66. The highest BCUT2D eigenvalue weighted by Crippen LogP contribution is 2.25. The van der Waals surface area contributed by atoms with E-state index in [4.69, 9.17) is 27.9 Å². The van der Waals surface area contributed by atoms with Crippen LogP contribution in [0.15, 0.2) is 42.5 Å². The van der Waals surface area contributed by atoms with Crippen LogP contribution >= 0.6 is 23.2 Å². The Morgan fingerprint density at radius 2 is 1.87 bits per heavy atom. The summed E-state index contributed by atoms with van der Waals surface area (Å²) >= 11 is 12.2. The third kappa shape index (κ3) is 6.90. The quantitative estimate of drug-likeness (QED) is 0.525. The van der Waals surface area contributed by atoms with Crippen LogP contribution in [0.3, 0.4) is 0 Å². The number of hydrogen-bond acceptors (Lipinski definition) is 3. The minimum atomic E-state index is 0.0651. The van der Waals surface area contributed by atoms with Crippen LogP contribution in [0.4, 0.5) is 0 Å². The third-order valence-electron chi connectivity index (χ3n) is 5.50. The molecule has 0 atom stereocenters. The summed E-state index contributed by atoms with van der Waals surface area (Å²) in [6.45, 7) is 5.74. The summed E-state index contributed by atoms with van der Waals surface area (Å²) in [4.78, 5) is 14.8. The number of carbonyl (C=O) groups excluding carboxylic acids is 1. The molecule has 162 valence electrons. The monoisotopic (exact) mass is 448 g/mol. The Bertz CT molecular complexity index is 818. The van der Waals surface area contributed by atoms with E-state index < -0.39 is 0 Å². The average Bonchev–Trinajstić information content (AvgIpc) is 2.75. The lowest BCUT2D eigenvalue weighted by atomic mass is 9.95. The Morgan fingerprint density at radius 3 is 2.53 bits per heavy atom. The molecule has 1 aliphatic rings. The summed E-state index contributed by atoms with van der Waals surface area (Å²) in [5, 5.41) is 4.36. The summed E-state index contributed by atoms with van der Waals surface area (Å²) in [5.41, 5.74) is 2.40. The molecule has 30 heavy (non-hydrogen) atoms. The summed E-state index contributed by atoms with van der Waals surface area (Å²) in [6, 6.07) is 13.8. The Morgan fingerprint density at radius 1 is 1.13 bits per heavy atom. The van der Waals surface area contributed by atoms with Gasteiger partial charge in [-0.2, -0.15) is 0 Å². The number of carbonyl (C=O) groups is 1. The van der Waals surface area contributed by atoms with Gasteiger partial charge in [0.15, 0.2) is 0 Å². The Kier molecular flexibility index (Phi) is 8.86. The van der Waals surface area contributed by atoms with E-state index in [1.54, 1.807) is 6.07 Å². The van der Waals surface area contributed by atoms with Crippen LogP contribution in [0.2, 0.25) is 10.0 Å². The van der Waals surface area contributed by atoms with Gasteiger partial charge >= 0.3 is 0 Å². The molecule has 2 aromatic rings. The van der Waals surface area contributed by atoms with E-state index in [9.17, 15) is 4.79 Å². The number of aryl methyl sites for hydroxylation is 1. The third-order valence-corrected chi connectivity index (χ3v) is 6.09. The van der Waals surface area contributed by atoms with E-state index in [0.717, 1.165) is 56.6 Å². The van der Waals surface area contributed by atoms with Crippen LogP contribution < -0.4 is 10.1 Å².